The van der Waals surface area contributed by atoms with Crippen LogP contribution in [0.2, 0.25) is 0 Å². The number of methoxy groups -OCH3 is 1. The molecule has 0 unspecified atom stereocenters. The number of carbonyl (C=O) groups is 2. The molecule has 3 atom stereocenters. The molecular formula is C18H17FO3. The molecule has 0 radical (unpaired) electrons. The van der Waals surface area contributed by atoms with Crippen LogP contribution in [-0.4, -0.2) is 25.5 Å². The Labute approximate surface area is 128 Å². The minimum absolute atomic E-state index is 0.233. The molecular weight excluding hydrogens is 283 g/mol. The quantitative estimate of drug-likeness (QED) is 0.607. The highest BCUT2D eigenvalue weighted by Crippen LogP contribution is 2.37. The lowest BCUT2D eigenvalue weighted by molar-refractivity contribution is -0.143. The van der Waals surface area contributed by atoms with Crippen molar-refractivity contribution in [2.75, 3.05) is 7.11 Å². The zero-order valence-corrected chi connectivity index (χ0v) is 12.2. The molecule has 0 aliphatic carbocycles. The van der Waals surface area contributed by atoms with E-state index in [4.69, 9.17) is 4.74 Å². The smallest absolute Gasteiger partial charge is 0.313 e. The zero-order valence-electron chi connectivity index (χ0n) is 12.2. The Kier molecular flexibility index (Phi) is 5.42. The summed E-state index contributed by atoms with van der Waals surface area (Å²) < 4.78 is 19.2. The third kappa shape index (κ3) is 3.39. The Bertz CT molecular complexity index is 613. The normalized spacial score (nSPS) is 14.6. The van der Waals surface area contributed by atoms with E-state index in [9.17, 15) is 14.0 Å². The number of hydrogen-bond donors (Lipinski definition) is 0. The number of carbonyl (C=O) groups excluding carboxylic acids is 2. The van der Waals surface area contributed by atoms with Crippen LogP contribution < -0.4 is 0 Å². The summed E-state index contributed by atoms with van der Waals surface area (Å²) in [5.74, 6) is -2.37. The number of alkyl halides is 1. The molecule has 2 aromatic carbocycles. The molecule has 0 fully saturated rings. The summed E-state index contributed by atoms with van der Waals surface area (Å²) in [7, 11) is 1.26. The summed E-state index contributed by atoms with van der Waals surface area (Å²) in [6, 6.07) is 17.5. The van der Waals surface area contributed by atoms with Gasteiger partial charge < -0.3 is 9.53 Å². The second kappa shape index (κ2) is 7.50. The van der Waals surface area contributed by atoms with Crippen LogP contribution >= 0.6 is 0 Å². The second-order valence-electron chi connectivity index (χ2n) is 4.93. The van der Waals surface area contributed by atoms with Gasteiger partial charge in [0.2, 0.25) is 0 Å². The molecule has 0 N–H and O–H groups in total. The fourth-order valence-electron chi connectivity index (χ4n) is 2.60. The maximum atomic E-state index is 14.3. The minimum Gasteiger partial charge on any atom is -0.469 e. The summed E-state index contributed by atoms with van der Waals surface area (Å²) in [6.07, 6.45) is -1.57. The first kappa shape index (κ1) is 15.9. The SMILES string of the molecule is COC(=O)[C@@H](c1ccccc1)[C@H](c1ccccc1)[C@@H](F)C=O. The second-order valence-corrected chi connectivity index (χ2v) is 4.93. The summed E-state index contributed by atoms with van der Waals surface area (Å²) in [4.78, 5) is 23.3. The molecule has 2 aromatic rings. The minimum atomic E-state index is -1.80. The highest BCUT2D eigenvalue weighted by atomic mass is 19.1. The first-order valence-electron chi connectivity index (χ1n) is 6.96. The fraction of sp³-hybridized carbons (Fsp3) is 0.222. The van der Waals surface area contributed by atoms with Gasteiger partial charge in [-0.25, -0.2) is 4.39 Å². The van der Waals surface area contributed by atoms with E-state index in [0.717, 1.165) is 0 Å². The fourth-order valence-corrected chi connectivity index (χ4v) is 2.60. The van der Waals surface area contributed by atoms with Gasteiger partial charge in [0.1, 0.15) is 0 Å². The summed E-state index contributed by atoms with van der Waals surface area (Å²) in [5, 5.41) is 0. The lowest BCUT2D eigenvalue weighted by Crippen LogP contribution is -2.29. The van der Waals surface area contributed by atoms with Crippen LogP contribution in [0.1, 0.15) is 23.0 Å². The van der Waals surface area contributed by atoms with Crippen molar-refractivity contribution in [1.82, 2.24) is 0 Å². The Morgan fingerprint density at radius 1 is 1.00 bits per heavy atom. The molecule has 0 aliphatic rings. The van der Waals surface area contributed by atoms with Gasteiger partial charge in [0.05, 0.1) is 13.0 Å². The van der Waals surface area contributed by atoms with Crippen LogP contribution in [0.25, 0.3) is 0 Å². The lowest BCUT2D eigenvalue weighted by atomic mass is 9.79. The number of hydrogen-bond acceptors (Lipinski definition) is 3. The third-order valence-electron chi connectivity index (χ3n) is 3.63. The number of ether oxygens (including phenoxy) is 1. The van der Waals surface area contributed by atoms with E-state index in [1.807, 2.05) is 6.07 Å². The van der Waals surface area contributed by atoms with E-state index >= 15 is 0 Å². The van der Waals surface area contributed by atoms with Crippen molar-refractivity contribution < 1.29 is 18.7 Å². The van der Waals surface area contributed by atoms with Gasteiger partial charge >= 0.3 is 5.97 Å². The maximum Gasteiger partial charge on any atom is 0.313 e. The molecule has 0 aliphatic heterocycles. The molecule has 0 heterocycles. The molecule has 0 saturated carbocycles. The van der Waals surface area contributed by atoms with E-state index < -0.39 is 24.0 Å². The van der Waals surface area contributed by atoms with Gasteiger partial charge in [0, 0.05) is 5.92 Å². The average Bonchev–Trinajstić information content (AvgIpc) is 2.59. The number of aldehydes is 1. The topological polar surface area (TPSA) is 43.4 Å². The Hall–Kier alpha value is -2.49. The van der Waals surface area contributed by atoms with Gasteiger partial charge in [-0.1, -0.05) is 60.7 Å². The Morgan fingerprint density at radius 3 is 1.95 bits per heavy atom. The highest BCUT2D eigenvalue weighted by Gasteiger charge is 2.37. The van der Waals surface area contributed by atoms with Crippen molar-refractivity contribution in [3.8, 4) is 0 Å². The van der Waals surface area contributed by atoms with Crippen LogP contribution in [-0.2, 0) is 14.3 Å². The molecule has 0 saturated heterocycles. The molecule has 22 heavy (non-hydrogen) atoms. The van der Waals surface area contributed by atoms with E-state index in [2.05, 4.69) is 0 Å². The van der Waals surface area contributed by atoms with Crippen molar-refractivity contribution >= 4 is 12.3 Å². The third-order valence-corrected chi connectivity index (χ3v) is 3.63. The lowest BCUT2D eigenvalue weighted by Gasteiger charge is -2.26. The molecule has 2 rings (SSSR count). The van der Waals surface area contributed by atoms with Crippen molar-refractivity contribution in [1.29, 1.82) is 0 Å². The summed E-state index contributed by atoms with van der Waals surface area (Å²) in [6.45, 7) is 0. The summed E-state index contributed by atoms with van der Waals surface area (Å²) in [5.41, 5.74) is 1.20. The Balaban J connectivity index is 2.53. The zero-order chi connectivity index (χ0) is 15.9. The van der Waals surface area contributed by atoms with Gasteiger partial charge in [-0.3, -0.25) is 4.79 Å². The molecule has 0 bridgehead atoms. The van der Waals surface area contributed by atoms with Gasteiger partial charge in [-0.15, -0.1) is 0 Å². The van der Waals surface area contributed by atoms with Crippen LogP contribution in [0.4, 0.5) is 4.39 Å². The largest absolute Gasteiger partial charge is 0.469 e. The molecule has 0 aromatic heterocycles. The van der Waals surface area contributed by atoms with Crippen LogP contribution in [0, 0.1) is 0 Å². The molecule has 3 nitrogen and oxygen atoms in total. The van der Waals surface area contributed by atoms with Gasteiger partial charge in [0.25, 0.3) is 0 Å². The van der Waals surface area contributed by atoms with Crippen LogP contribution in [0.3, 0.4) is 0 Å². The monoisotopic (exact) mass is 300 g/mol. The molecule has 4 heteroatoms. The molecule has 114 valence electrons. The number of benzene rings is 2. The maximum absolute atomic E-state index is 14.3. The van der Waals surface area contributed by atoms with Crippen LogP contribution in [0.5, 0.6) is 0 Å². The summed E-state index contributed by atoms with van der Waals surface area (Å²) >= 11 is 0. The van der Waals surface area contributed by atoms with Crippen molar-refractivity contribution in [3.63, 3.8) is 0 Å². The van der Waals surface area contributed by atoms with Gasteiger partial charge in [-0.05, 0) is 11.1 Å². The highest BCUT2D eigenvalue weighted by molar-refractivity contribution is 5.80. The predicted molar refractivity (Wildman–Crippen MR) is 81.3 cm³/mol. The average molecular weight is 300 g/mol. The van der Waals surface area contributed by atoms with E-state index in [-0.39, 0.29) is 6.29 Å². The van der Waals surface area contributed by atoms with E-state index in [1.54, 1.807) is 54.6 Å². The van der Waals surface area contributed by atoms with Gasteiger partial charge in [0.15, 0.2) is 12.5 Å². The first-order valence-corrected chi connectivity index (χ1v) is 6.96. The predicted octanol–water partition coefficient (Wildman–Crippen LogP) is 3.26. The molecule has 0 spiro atoms. The van der Waals surface area contributed by atoms with E-state index in [1.165, 1.54) is 7.11 Å². The number of esters is 1. The van der Waals surface area contributed by atoms with Crippen molar-refractivity contribution in [2.45, 2.75) is 18.0 Å². The van der Waals surface area contributed by atoms with Gasteiger partial charge in [-0.2, -0.15) is 0 Å². The van der Waals surface area contributed by atoms with Crippen LogP contribution in [0.15, 0.2) is 60.7 Å². The van der Waals surface area contributed by atoms with Crippen molar-refractivity contribution in [2.24, 2.45) is 0 Å². The first-order chi connectivity index (χ1) is 10.7. The number of halogens is 1. The Morgan fingerprint density at radius 2 is 1.50 bits per heavy atom. The standard InChI is InChI=1S/C18H17FO3/c1-22-18(21)17(14-10-6-3-7-11-14)16(15(19)12-20)13-8-4-2-5-9-13/h2-12,15-17H,1H3/t15-,16+,17-/m0/s1. The van der Waals surface area contributed by atoms with E-state index in [0.29, 0.717) is 11.1 Å². The number of rotatable bonds is 6. The molecule has 0 amide bonds. The van der Waals surface area contributed by atoms with Crippen molar-refractivity contribution in [3.05, 3.63) is 71.8 Å².